The van der Waals surface area contributed by atoms with E-state index in [1.54, 1.807) is 44.6 Å². The van der Waals surface area contributed by atoms with Crippen molar-refractivity contribution < 1.29 is 19.0 Å². The van der Waals surface area contributed by atoms with Gasteiger partial charge in [0.25, 0.3) is 5.56 Å². The number of para-hydroxylation sites is 2. The van der Waals surface area contributed by atoms with Gasteiger partial charge in [-0.05, 0) is 48.2 Å². The third-order valence-corrected chi connectivity index (χ3v) is 5.80. The van der Waals surface area contributed by atoms with Crippen molar-refractivity contribution in [1.29, 1.82) is 5.26 Å². The molecule has 1 atom stereocenters. The van der Waals surface area contributed by atoms with Crippen molar-refractivity contribution in [3.05, 3.63) is 81.3 Å². The predicted molar refractivity (Wildman–Crippen MR) is 118 cm³/mol. The van der Waals surface area contributed by atoms with E-state index in [-0.39, 0.29) is 23.7 Å². The number of pyridine rings is 1. The van der Waals surface area contributed by atoms with Crippen LogP contribution in [0.2, 0.25) is 0 Å². The van der Waals surface area contributed by atoms with Crippen molar-refractivity contribution in [1.82, 2.24) is 4.57 Å². The summed E-state index contributed by atoms with van der Waals surface area (Å²) in [5, 5.41) is 9.51. The number of aromatic nitrogens is 1. The van der Waals surface area contributed by atoms with Crippen molar-refractivity contribution in [2.45, 2.75) is 18.8 Å². The van der Waals surface area contributed by atoms with E-state index in [0.717, 1.165) is 5.56 Å². The van der Waals surface area contributed by atoms with Gasteiger partial charge in [0.1, 0.15) is 17.4 Å². The number of nitriles is 1. The zero-order chi connectivity index (χ0) is 22.8. The average molecular weight is 430 g/mol. The molecule has 0 saturated carbocycles. The van der Waals surface area contributed by atoms with Crippen LogP contribution in [-0.4, -0.2) is 31.7 Å². The fraction of sp³-hybridized carbons (Fsp3) is 0.240. The number of fused-ring (bicyclic) bond motifs is 1. The summed E-state index contributed by atoms with van der Waals surface area (Å²) < 4.78 is 17.6. The molecule has 7 heteroatoms. The second kappa shape index (κ2) is 8.60. The minimum absolute atomic E-state index is 0.0763. The Kier molecular flexibility index (Phi) is 5.69. The average Bonchev–Trinajstić information content (AvgIpc) is 2.83. The molecular weight excluding hydrogens is 408 g/mol. The molecular formula is C25H22N2O5. The Morgan fingerprint density at radius 1 is 0.906 bits per heavy atom. The number of carbonyl (C=O) groups excluding carboxylic acids is 1. The van der Waals surface area contributed by atoms with Gasteiger partial charge >= 0.3 is 0 Å². The lowest BCUT2D eigenvalue weighted by molar-refractivity contribution is 0.0962. The lowest BCUT2D eigenvalue weighted by Crippen LogP contribution is -2.31. The molecule has 1 aliphatic carbocycles. The maximum absolute atomic E-state index is 13.2. The number of hydrogen-bond donors (Lipinski definition) is 0. The van der Waals surface area contributed by atoms with Gasteiger partial charge in [0, 0.05) is 17.7 Å². The monoisotopic (exact) mass is 430 g/mol. The summed E-state index contributed by atoms with van der Waals surface area (Å²) in [5.41, 5.74) is 1.81. The maximum atomic E-state index is 13.2. The molecule has 1 aliphatic rings. The van der Waals surface area contributed by atoms with Crippen LogP contribution in [0.5, 0.6) is 17.2 Å². The first kappa shape index (κ1) is 21.2. The molecule has 1 aromatic heterocycles. The molecule has 0 saturated heterocycles. The summed E-state index contributed by atoms with van der Waals surface area (Å²) in [6.07, 6.45) is 0.701. The summed E-state index contributed by atoms with van der Waals surface area (Å²) in [7, 11) is 4.64. The summed E-state index contributed by atoms with van der Waals surface area (Å²) in [4.78, 5) is 26.4. The van der Waals surface area contributed by atoms with Gasteiger partial charge in [0.05, 0.1) is 27.0 Å². The zero-order valence-electron chi connectivity index (χ0n) is 18.0. The molecule has 3 aromatic rings. The first-order chi connectivity index (χ1) is 15.5. The highest BCUT2D eigenvalue weighted by Gasteiger charge is 2.31. The third kappa shape index (κ3) is 3.50. The zero-order valence-corrected chi connectivity index (χ0v) is 18.0. The number of rotatable bonds is 5. The molecule has 7 nitrogen and oxygen atoms in total. The summed E-state index contributed by atoms with van der Waals surface area (Å²) in [6.45, 7) is 0. The normalized spacial score (nSPS) is 14.9. The minimum Gasteiger partial charge on any atom is -0.495 e. The van der Waals surface area contributed by atoms with Crippen molar-refractivity contribution in [3.8, 4) is 29.0 Å². The lowest BCUT2D eigenvalue weighted by atomic mass is 9.81. The van der Waals surface area contributed by atoms with Crippen LogP contribution in [0.15, 0.2) is 53.3 Å². The van der Waals surface area contributed by atoms with Crippen LogP contribution in [0.4, 0.5) is 0 Å². The molecule has 0 radical (unpaired) electrons. The van der Waals surface area contributed by atoms with Gasteiger partial charge in [-0.25, -0.2) is 0 Å². The molecule has 0 fully saturated rings. The third-order valence-electron chi connectivity index (χ3n) is 5.80. The number of methoxy groups -OCH3 is 3. The van der Waals surface area contributed by atoms with Crippen LogP contribution in [-0.2, 0) is 6.42 Å². The maximum Gasteiger partial charge on any atom is 0.273 e. The highest BCUT2D eigenvalue weighted by Crippen LogP contribution is 2.38. The van der Waals surface area contributed by atoms with Gasteiger partial charge in [-0.1, -0.05) is 18.2 Å². The Balaban J connectivity index is 1.91. The van der Waals surface area contributed by atoms with E-state index in [9.17, 15) is 14.9 Å². The largest absolute Gasteiger partial charge is 0.495 e. The van der Waals surface area contributed by atoms with E-state index < -0.39 is 5.56 Å². The first-order valence-corrected chi connectivity index (χ1v) is 10.1. The second-order valence-corrected chi connectivity index (χ2v) is 7.49. The van der Waals surface area contributed by atoms with Crippen molar-refractivity contribution in [2.24, 2.45) is 0 Å². The number of carbonyl (C=O) groups is 1. The SMILES string of the molecule is COc1ccc([C@H]2CC(=O)c3cc(C#N)c(=O)n(-c4ccccc4OC)c3C2)cc1OC. The van der Waals surface area contributed by atoms with Gasteiger partial charge in [-0.2, -0.15) is 5.26 Å². The number of hydrogen-bond acceptors (Lipinski definition) is 6. The number of ether oxygens (including phenoxy) is 3. The highest BCUT2D eigenvalue weighted by atomic mass is 16.5. The fourth-order valence-electron chi connectivity index (χ4n) is 4.23. The molecule has 2 aromatic carbocycles. The van der Waals surface area contributed by atoms with Crippen molar-refractivity contribution in [3.63, 3.8) is 0 Å². The van der Waals surface area contributed by atoms with E-state index in [1.165, 1.54) is 17.7 Å². The molecule has 0 N–H and O–H groups in total. The van der Waals surface area contributed by atoms with Gasteiger partial charge < -0.3 is 14.2 Å². The summed E-state index contributed by atoms with van der Waals surface area (Å²) in [6, 6.07) is 16.0. The van der Waals surface area contributed by atoms with Crippen LogP contribution in [0, 0.1) is 11.3 Å². The van der Waals surface area contributed by atoms with Crippen molar-refractivity contribution >= 4 is 5.78 Å². The van der Waals surface area contributed by atoms with E-state index >= 15 is 0 Å². The Bertz CT molecular complexity index is 1300. The molecule has 0 amide bonds. The van der Waals surface area contributed by atoms with Crippen LogP contribution in [0.3, 0.4) is 0 Å². The number of benzene rings is 2. The van der Waals surface area contributed by atoms with Crippen LogP contribution >= 0.6 is 0 Å². The number of ketones is 1. The predicted octanol–water partition coefficient (Wildman–Crippen LogP) is 3.65. The smallest absolute Gasteiger partial charge is 0.273 e. The van der Waals surface area contributed by atoms with E-state index in [0.29, 0.717) is 40.6 Å². The quantitative estimate of drug-likeness (QED) is 0.614. The van der Waals surface area contributed by atoms with Crippen LogP contribution in [0.1, 0.15) is 39.5 Å². The standard InChI is InChI=1S/C25H22N2O5/c1-30-22-7-5-4-6-19(22)27-20-11-16(15-8-9-23(31-2)24(13-15)32-3)12-21(28)18(20)10-17(14-26)25(27)29/h4-10,13,16H,11-12H2,1-3H3/t16-/m1/s1. The Morgan fingerprint density at radius 2 is 1.62 bits per heavy atom. The van der Waals surface area contributed by atoms with E-state index in [4.69, 9.17) is 14.2 Å². The van der Waals surface area contributed by atoms with E-state index in [1.807, 2.05) is 18.2 Å². The minimum atomic E-state index is -0.475. The Hall–Kier alpha value is -4.05. The topological polar surface area (TPSA) is 90.6 Å². The molecule has 4 rings (SSSR count). The molecule has 0 bridgehead atoms. The number of Topliss-reactive ketones (excluding diaryl/α,β-unsaturated/α-hetero) is 1. The molecule has 0 unspecified atom stereocenters. The second-order valence-electron chi connectivity index (χ2n) is 7.49. The molecule has 162 valence electrons. The Morgan fingerprint density at radius 3 is 2.31 bits per heavy atom. The van der Waals surface area contributed by atoms with Crippen LogP contribution < -0.4 is 19.8 Å². The lowest BCUT2D eigenvalue weighted by Gasteiger charge is -2.28. The summed E-state index contributed by atoms with van der Waals surface area (Å²) in [5.74, 6) is 1.37. The van der Waals surface area contributed by atoms with Crippen molar-refractivity contribution in [2.75, 3.05) is 21.3 Å². The molecule has 0 aliphatic heterocycles. The highest BCUT2D eigenvalue weighted by molar-refractivity contribution is 5.99. The van der Waals surface area contributed by atoms with Gasteiger partial charge in [0.15, 0.2) is 17.3 Å². The molecule has 0 spiro atoms. The Labute approximate surface area is 185 Å². The summed E-state index contributed by atoms with van der Waals surface area (Å²) >= 11 is 0. The first-order valence-electron chi connectivity index (χ1n) is 10.1. The van der Waals surface area contributed by atoms with Gasteiger partial charge in [-0.3, -0.25) is 14.2 Å². The molecule has 32 heavy (non-hydrogen) atoms. The number of nitrogens with zero attached hydrogens (tertiary/aromatic N) is 2. The van der Waals surface area contributed by atoms with Crippen LogP contribution in [0.25, 0.3) is 5.69 Å². The van der Waals surface area contributed by atoms with E-state index in [2.05, 4.69) is 0 Å². The van der Waals surface area contributed by atoms with Gasteiger partial charge in [-0.15, -0.1) is 0 Å². The fourth-order valence-corrected chi connectivity index (χ4v) is 4.23. The van der Waals surface area contributed by atoms with Gasteiger partial charge in [0.2, 0.25) is 0 Å². The molecule has 1 heterocycles.